The molecule has 25 heavy (non-hydrogen) atoms. The van der Waals surface area contributed by atoms with Gasteiger partial charge < -0.3 is 18.6 Å². The van der Waals surface area contributed by atoms with Crippen molar-refractivity contribution in [2.45, 2.75) is 50.9 Å². The van der Waals surface area contributed by atoms with Crippen molar-refractivity contribution >= 4 is 7.52 Å². The van der Waals surface area contributed by atoms with E-state index >= 15 is 0 Å². The number of hydrogen-bond acceptors (Lipinski definition) is 4. The fourth-order valence-electron chi connectivity index (χ4n) is 4.93. The molecule has 3 unspecified atom stereocenters. The van der Waals surface area contributed by atoms with E-state index in [1.54, 1.807) is 6.66 Å². The van der Waals surface area contributed by atoms with Crippen molar-refractivity contribution in [2.75, 3.05) is 66.6 Å². The summed E-state index contributed by atoms with van der Waals surface area (Å²) in [4.78, 5) is 2.26. The van der Waals surface area contributed by atoms with E-state index in [1.807, 2.05) is 0 Å². The molecule has 0 aromatic rings. The average Bonchev–Trinajstić information content (AvgIpc) is 3.00. The first kappa shape index (κ1) is 19.8. The lowest BCUT2D eigenvalue weighted by Crippen LogP contribution is -2.54. The van der Waals surface area contributed by atoms with Crippen LogP contribution in [-0.2, 0) is 13.8 Å². The molecule has 3 atom stereocenters. The van der Waals surface area contributed by atoms with Gasteiger partial charge in [-0.25, -0.2) is 4.67 Å². The Morgan fingerprint density at radius 2 is 1.84 bits per heavy atom. The van der Waals surface area contributed by atoms with Crippen molar-refractivity contribution in [3.05, 3.63) is 0 Å². The molecule has 6 nitrogen and oxygen atoms in total. The van der Waals surface area contributed by atoms with Crippen molar-refractivity contribution in [1.29, 1.82) is 0 Å². The number of morpholine rings is 1. The van der Waals surface area contributed by atoms with Crippen LogP contribution < -0.4 is 0 Å². The largest absolute Gasteiger partial charge is 0.370 e. The minimum atomic E-state index is -2.73. The Morgan fingerprint density at radius 1 is 1.20 bits per heavy atom. The molecule has 3 rings (SSSR count). The van der Waals surface area contributed by atoms with Crippen LogP contribution in [0.2, 0.25) is 0 Å². The Hall–Kier alpha value is 0.0300. The van der Waals surface area contributed by atoms with Crippen LogP contribution in [0.25, 0.3) is 0 Å². The van der Waals surface area contributed by atoms with E-state index in [4.69, 9.17) is 9.26 Å². The minimum absolute atomic E-state index is 0.0219. The molecule has 0 aromatic heterocycles. The fraction of sp³-hybridized carbons (Fsp3) is 1.00. The van der Waals surface area contributed by atoms with Crippen LogP contribution in [0.3, 0.4) is 0 Å². The summed E-state index contributed by atoms with van der Waals surface area (Å²) in [5.41, 5.74) is 0. The van der Waals surface area contributed by atoms with Gasteiger partial charge in [0.1, 0.15) is 0 Å². The zero-order valence-electron chi connectivity index (χ0n) is 16.5. The van der Waals surface area contributed by atoms with Gasteiger partial charge >= 0.3 is 0 Å². The maximum atomic E-state index is 13.1. The van der Waals surface area contributed by atoms with Gasteiger partial charge in [0.05, 0.1) is 45.0 Å². The predicted octanol–water partition coefficient (Wildman–Crippen LogP) is 2.25. The highest BCUT2D eigenvalue weighted by Gasteiger charge is 2.40. The molecule has 7 heteroatoms. The molecule has 3 heterocycles. The summed E-state index contributed by atoms with van der Waals surface area (Å²) in [5.74, 6) is 0. The molecule has 3 aliphatic heterocycles. The summed E-state index contributed by atoms with van der Waals surface area (Å²) in [6.07, 6.45) is 5.23. The highest BCUT2D eigenvalue weighted by atomic mass is 31.2. The molecule has 0 amide bonds. The first-order valence-corrected chi connectivity index (χ1v) is 12.0. The highest BCUT2D eigenvalue weighted by Crippen LogP contribution is 2.49. The second-order valence-electron chi connectivity index (χ2n) is 8.71. The van der Waals surface area contributed by atoms with Crippen molar-refractivity contribution in [3.63, 3.8) is 0 Å². The fourth-order valence-corrected chi connectivity index (χ4v) is 6.50. The summed E-state index contributed by atoms with van der Waals surface area (Å²) < 4.78 is 28.3. The Labute approximate surface area is 153 Å². The second-order valence-corrected chi connectivity index (χ2v) is 11.1. The van der Waals surface area contributed by atoms with Crippen LogP contribution >= 0.6 is 7.52 Å². The monoisotopic (exact) mass is 374 g/mol. The van der Waals surface area contributed by atoms with Gasteiger partial charge in [0, 0.05) is 58.5 Å². The van der Waals surface area contributed by atoms with E-state index in [1.165, 1.54) is 30.4 Å². The van der Waals surface area contributed by atoms with Crippen molar-refractivity contribution < 1.29 is 18.3 Å². The van der Waals surface area contributed by atoms with Gasteiger partial charge in [0.25, 0.3) is 7.52 Å². The SMILES string of the molecule is CC1CN(C)CC(COP(C)(=O)N2CCC([N+]3(C)CCCC3)CC2)O1. The number of piperidine rings is 1. The van der Waals surface area contributed by atoms with Crippen LogP contribution in [-0.4, -0.2) is 98.9 Å². The molecule has 0 aliphatic carbocycles. The standard InChI is InChI=1S/C18H37N3O3P/c1-16-13-19(2)14-18(24-16)15-23-25(4,22)20-9-7-17(8-10-20)21(3)11-5-6-12-21/h16-18H,5-15H2,1-4H3/q+1. The zero-order chi connectivity index (χ0) is 18.1. The Kier molecular flexibility index (Phi) is 6.29. The quantitative estimate of drug-likeness (QED) is 0.545. The van der Waals surface area contributed by atoms with Gasteiger partial charge in [0.2, 0.25) is 0 Å². The number of likely N-dealkylation sites (N-methyl/N-ethyl adjacent to an activating group) is 1. The van der Waals surface area contributed by atoms with E-state index in [0.717, 1.165) is 45.1 Å². The van der Waals surface area contributed by atoms with Crippen LogP contribution in [0.5, 0.6) is 0 Å². The molecule has 0 aromatic carbocycles. The minimum Gasteiger partial charge on any atom is -0.370 e. The smallest absolute Gasteiger partial charge is 0.269 e. The number of hydrogen-bond donors (Lipinski definition) is 0. The average molecular weight is 374 g/mol. The third-order valence-corrected chi connectivity index (χ3v) is 8.49. The van der Waals surface area contributed by atoms with E-state index in [2.05, 4.69) is 30.6 Å². The predicted molar refractivity (Wildman–Crippen MR) is 101 cm³/mol. The summed E-state index contributed by atoms with van der Waals surface area (Å²) >= 11 is 0. The van der Waals surface area contributed by atoms with Gasteiger partial charge in [-0.2, -0.15) is 0 Å². The summed E-state index contributed by atoms with van der Waals surface area (Å²) in [6.45, 7) is 10.5. The van der Waals surface area contributed by atoms with Gasteiger partial charge in [-0.05, 0) is 14.0 Å². The molecular formula is C18H37N3O3P+. The molecule has 0 N–H and O–H groups in total. The van der Waals surface area contributed by atoms with E-state index in [-0.39, 0.29) is 12.2 Å². The molecule has 0 radical (unpaired) electrons. The molecular weight excluding hydrogens is 337 g/mol. The van der Waals surface area contributed by atoms with E-state index in [0.29, 0.717) is 6.61 Å². The van der Waals surface area contributed by atoms with Gasteiger partial charge in [-0.1, -0.05) is 0 Å². The van der Waals surface area contributed by atoms with Crippen LogP contribution in [0.4, 0.5) is 0 Å². The van der Waals surface area contributed by atoms with Crippen LogP contribution in [0, 0.1) is 0 Å². The highest BCUT2D eigenvalue weighted by molar-refractivity contribution is 7.55. The zero-order valence-corrected chi connectivity index (χ0v) is 17.4. The molecule has 0 bridgehead atoms. The van der Waals surface area contributed by atoms with E-state index < -0.39 is 7.52 Å². The lowest BCUT2D eigenvalue weighted by molar-refractivity contribution is -0.923. The van der Waals surface area contributed by atoms with Crippen molar-refractivity contribution in [1.82, 2.24) is 9.57 Å². The summed E-state index contributed by atoms with van der Waals surface area (Å²) in [5, 5.41) is 0. The number of nitrogens with zero attached hydrogens (tertiary/aromatic N) is 3. The first-order chi connectivity index (χ1) is 11.8. The van der Waals surface area contributed by atoms with Gasteiger partial charge in [-0.15, -0.1) is 0 Å². The molecule has 3 aliphatic rings. The Balaban J connectivity index is 1.47. The number of ether oxygens (including phenoxy) is 1. The van der Waals surface area contributed by atoms with Crippen LogP contribution in [0.15, 0.2) is 0 Å². The van der Waals surface area contributed by atoms with E-state index in [9.17, 15) is 4.57 Å². The Bertz CT molecular complexity index is 480. The normalized spacial score (nSPS) is 34.9. The van der Waals surface area contributed by atoms with Crippen LogP contribution in [0.1, 0.15) is 32.6 Å². The molecule has 0 spiro atoms. The molecule has 3 saturated heterocycles. The lowest BCUT2D eigenvalue weighted by Gasteiger charge is -2.43. The maximum Gasteiger partial charge on any atom is 0.269 e. The third kappa shape index (κ3) is 4.85. The topological polar surface area (TPSA) is 42.0 Å². The van der Waals surface area contributed by atoms with Gasteiger partial charge in [-0.3, -0.25) is 4.57 Å². The van der Waals surface area contributed by atoms with Crippen molar-refractivity contribution in [2.24, 2.45) is 0 Å². The third-order valence-electron chi connectivity index (χ3n) is 6.43. The molecule has 3 fully saturated rings. The Morgan fingerprint density at radius 3 is 2.44 bits per heavy atom. The first-order valence-electron chi connectivity index (χ1n) is 9.94. The number of rotatable bonds is 5. The second kappa shape index (κ2) is 7.95. The molecule has 146 valence electrons. The van der Waals surface area contributed by atoms with Gasteiger partial charge in [0.15, 0.2) is 0 Å². The lowest BCUT2D eigenvalue weighted by atomic mass is 10.0. The number of quaternary nitrogens is 1. The number of likely N-dealkylation sites (tertiary alicyclic amines) is 1. The summed E-state index contributed by atoms with van der Waals surface area (Å²) in [7, 11) is 1.79. The maximum absolute atomic E-state index is 13.1. The van der Waals surface area contributed by atoms with Crippen molar-refractivity contribution in [3.8, 4) is 0 Å². The summed E-state index contributed by atoms with van der Waals surface area (Å²) in [6, 6.07) is 0.731. The molecule has 0 saturated carbocycles.